The minimum Gasteiger partial charge on any atom is -0.379 e. The average Bonchev–Trinajstić information content (AvgIpc) is 3.21. The Bertz CT molecular complexity index is 1110. The summed E-state index contributed by atoms with van der Waals surface area (Å²) in [5.41, 5.74) is 3.31. The number of benzene rings is 2. The van der Waals surface area contributed by atoms with Crippen LogP contribution in [0.1, 0.15) is 23.1 Å². The fourth-order valence-electron chi connectivity index (χ4n) is 4.17. The first kappa shape index (κ1) is 23.4. The van der Waals surface area contributed by atoms with Crippen LogP contribution in [0.15, 0.2) is 48.5 Å². The van der Waals surface area contributed by atoms with Gasteiger partial charge in [-0.25, -0.2) is 8.42 Å². The van der Waals surface area contributed by atoms with Gasteiger partial charge in [-0.05, 0) is 30.2 Å². The molecule has 0 saturated carbocycles. The van der Waals surface area contributed by atoms with Gasteiger partial charge in [-0.3, -0.25) is 9.59 Å². The maximum absolute atomic E-state index is 12.8. The van der Waals surface area contributed by atoms with Crippen LogP contribution < -0.4 is 10.2 Å². The largest absolute Gasteiger partial charge is 0.379 e. The van der Waals surface area contributed by atoms with E-state index in [2.05, 4.69) is 5.32 Å². The second-order valence-electron chi connectivity index (χ2n) is 8.50. The summed E-state index contributed by atoms with van der Waals surface area (Å²) >= 11 is 0. The zero-order valence-corrected chi connectivity index (χ0v) is 19.5. The minimum atomic E-state index is -3.47. The van der Waals surface area contributed by atoms with Crippen LogP contribution in [0.3, 0.4) is 0 Å². The van der Waals surface area contributed by atoms with E-state index in [1.165, 1.54) is 4.31 Å². The monoisotopic (exact) mass is 471 g/mol. The molecule has 176 valence electrons. The van der Waals surface area contributed by atoms with E-state index in [1.54, 1.807) is 17.0 Å². The standard InChI is InChI=1S/C24H29N3O5S/c1-18-6-8-22(9-7-18)27-16-21(14-23(27)28)24(29)25-15-19-4-2-3-5-20(19)17-33(30,31)26-10-12-32-13-11-26/h2-9,21H,10-17H2,1H3,(H,25,29)/t21-/m0/s1. The number of ether oxygens (including phenoxy) is 1. The van der Waals surface area contributed by atoms with Gasteiger partial charge >= 0.3 is 0 Å². The predicted octanol–water partition coefficient (Wildman–Crippen LogP) is 1.83. The Morgan fingerprint density at radius 1 is 1.06 bits per heavy atom. The van der Waals surface area contributed by atoms with Crippen LogP contribution in [0.4, 0.5) is 5.69 Å². The summed E-state index contributed by atoms with van der Waals surface area (Å²) in [7, 11) is -3.47. The van der Waals surface area contributed by atoms with Gasteiger partial charge in [0.1, 0.15) is 0 Å². The van der Waals surface area contributed by atoms with Crippen LogP contribution in [0.5, 0.6) is 0 Å². The van der Waals surface area contributed by atoms with Crippen LogP contribution >= 0.6 is 0 Å². The van der Waals surface area contributed by atoms with Crippen molar-refractivity contribution in [2.24, 2.45) is 5.92 Å². The van der Waals surface area contributed by atoms with Crippen LogP contribution in [0.25, 0.3) is 0 Å². The topological polar surface area (TPSA) is 96.0 Å². The van der Waals surface area contributed by atoms with Crippen molar-refractivity contribution in [3.63, 3.8) is 0 Å². The van der Waals surface area contributed by atoms with Crippen molar-refractivity contribution >= 4 is 27.5 Å². The molecular formula is C24H29N3O5S. The molecule has 0 unspecified atom stereocenters. The molecule has 2 heterocycles. The lowest BCUT2D eigenvalue weighted by Crippen LogP contribution is -2.41. The van der Waals surface area contributed by atoms with E-state index in [0.29, 0.717) is 38.4 Å². The third-order valence-corrected chi connectivity index (χ3v) is 7.94. The second kappa shape index (κ2) is 10.0. The first-order valence-corrected chi connectivity index (χ1v) is 12.7. The third kappa shape index (κ3) is 5.61. The van der Waals surface area contributed by atoms with Crippen molar-refractivity contribution in [3.8, 4) is 0 Å². The van der Waals surface area contributed by atoms with Gasteiger partial charge in [0, 0.05) is 38.3 Å². The van der Waals surface area contributed by atoms with Crippen molar-refractivity contribution in [2.75, 3.05) is 37.7 Å². The number of carbonyl (C=O) groups is 2. The summed E-state index contributed by atoms with van der Waals surface area (Å²) in [5, 5.41) is 2.90. The van der Waals surface area contributed by atoms with Crippen LogP contribution in [0.2, 0.25) is 0 Å². The molecule has 0 aliphatic carbocycles. The SMILES string of the molecule is Cc1ccc(N2C[C@@H](C(=O)NCc3ccccc3CS(=O)(=O)N3CCOCC3)CC2=O)cc1. The third-order valence-electron chi connectivity index (χ3n) is 6.11. The van der Waals surface area contributed by atoms with Crippen molar-refractivity contribution in [3.05, 3.63) is 65.2 Å². The van der Waals surface area contributed by atoms with Gasteiger partial charge in [-0.15, -0.1) is 0 Å². The molecule has 2 fully saturated rings. The Labute approximate surface area is 194 Å². The summed E-state index contributed by atoms with van der Waals surface area (Å²) in [6, 6.07) is 14.9. The molecule has 4 rings (SSSR count). The molecule has 8 nitrogen and oxygen atoms in total. The molecular weight excluding hydrogens is 442 g/mol. The number of amides is 2. The van der Waals surface area contributed by atoms with E-state index < -0.39 is 15.9 Å². The Hall–Kier alpha value is -2.75. The number of sulfonamides is 1. The van der Waals surface area contributed by atoms with E-state index >= 15 is 0 Å². The smallest absolute Gasteiger partial charge is 0.227 e. The highest BCUT2D eigenvalue weighted by Crippen LogP contribution is 2.26. The number of anilines is 1. The maximum Gasteiger partial charge on any atom is 0.227 e. The Kier molecular flexibility index (Phi) is 7.11. The number of rotatable bonds is 7. The highest BCUT2D eigenvalue weighted by molar-refractivity contribution is 7.88. The number of nitrogens with zero attached hydrogens (tertiary/aromatic N) is 2. The number of hydrogen-bond acceptors (Lipinski definition) is 5. The number of morpholine rings is 1. The molecule has 9 heteroatoms. The fraction of sp³-hybridized carbons (Fsp3) is 0.417. The molecule has 0 spiro atoms. The fourth-order valence-corrected chi connectivity index (χ4v) is 5.73. The second-order valence-corrected chi connectivity index (χ2v) is 10.5. The molecule has 33 heavy (non-hydrogen) atoms. The zero-order chi connectivity index (χ0) is 23.4. The molecule has 2 aliphatic rings. The minimum absolute atomic E-state index is 0.0731. The first-order chi connectivity index (χ1) is 15.8. The van der Waals surface area contributed by atoms with Crippen molar-refractivity contribution in [1.82, 2.24) is 9.62 Å². The molecule has 2 amide bonds. The molecule has 0 bridgehead atoms. The average molecular weight is 472 g/mol. The summed E-state index contributed by atoms with van der Waals surface area (Å²) in [5.74, 6) is -0.842. The van der Waals surface area contributed by atoms with Crippen LogP contribution in [-0.4, -0.2) is 57.4 Å². The van der Waals surface area contributed by atoms with Gasteiger partial charge < -0.3 is 15.0 Å². The molecule has 0 aromatic heterocycles. The van der Waals surface area contributed by atoms with Crippen LogP contribution in [0, 0.1) is 12.8 Å². The highest BCUT2D eigenvalue weighted by Gasteiger charge is 2.35. The van der Waals surface area contributed by atoms with E-state index in [-0.39, 0.29) is 30.5 Å². The lowest BCUT2D eigenvalue weighted by molar-refractivity contribution is -0.126. The quantitative estimate of drug-likeness (QED) is 0.665. The van der Waals surface area contributed by atoms with E-state index in [0.717, 1.165) is 16.8 Å². The summed E-state index contributed by atoms with van der Waals surface area (Å²) in [4.78, 5) is 26.9. The molecule has 2 aromatic carbocycles. The maximum atomic E-state index is 12.8. The molecule has 1 N–H and O–H groups in total. The van der Waals surface area contributed by atoms with E-state index in [9.17, 15) is 18.0 Å². The van der Waals surface area contributed by atoms with Gasteiger partial charge in [0.25, 0.3) is 0 Å². The predicted molar refractivity (Wildman–Crippen MR) is 125 cm³/mol. The number of hydrogen-bond donors (Lipinski definition) is 1. The van der Waals surface area contributed by atoms with E-state index in [4.69, 9.17) is 4.74 Å². The highest BCUT2D eigenvalue weighted by atomic mass is 32.2. The molecule has 0 radical (unpaired) electrons. The normalized spacial score (nSPS) is 19.6. The van der Waals surface area contributed by atoms with E-state index in [1.807, 2.05) is 43.3 Å². The Morgan fingerprint density at radius 2 is 1.73 bits per heavy atom. The zero-order valence-electron chi connectivity index (χ0n) is 18.7. The molecule has 2 aromatic rings. The van der Waals surface area contributed by atoms with Gasteiger partial charge in [-0.1, -0.05) is 42.0 Å². The van der Waals surface area contributed by atoms with Crippen molar-refractivity contribution in [1.29, 1.82) is 0 Å². The number of carbonyl (C=O) groups excluding carboxylic acids is 2. The Balaban J connectivity index is 1.38. The van der Waals surface area contributed by atoms with Gasteiger partial charge in [0.05, 0.1) is 24.9 Å². The summed E-state index contributed by atoms with van der Waals surface area (Å²) in [6.07, 6.45) is 0.159. The van der Waals surface area contributed by atoms with Gasteiger partial charge in [-0.2, -0.15) is 4.31 Å². The molecule has 2 aliphatic heterocycles. The Morgan fingerprint density at radius 3 is 2.42 bits per heavy atom. The number of nitrogens with one attached hydrogen (secondary N) is 1. The number of aryl methyl sites for hydroxylation is 1. The molecule has 2 saturated heterocycles. The van der Waals surface area contributed by atoms with Crippen LogP contribution in [-0.2, 0) is 36.6 Å². The van der Waals surface area contributed by atoms with Crippen molar-refractivity contribution in [2.45, 2.75) is 25.6 Å². The lowest BCUT2D eigenvalue weighted by atomic mass is 10.1. The van der Waals surface area contributed by atoms with Crippen molar-refractivity contribution < 1.29 is 22.7 Å². The summed E-state index contributed by atoms with van der Waals surface area (Å²) < 4.78 is 32.3. The summed E-state index contributed by atoms with van der Waals surface area (Å²) in [6.45, 7) is 4.04. The van der Waals surface area contributed by atoms with Gasteiger partial charge in [0.15, 0.2) is 0 Å². The van der Waals surface area contributed by atoms with Gasteiger partial charge in [0.2, 0.25) is 21.8 Å². The first-order valence-electron chi connectivity index (χ1n) is 11.1. The lowest BCUT2D eigenvalue weighted by Gasteiger charge is -2.26. The molecule has 1 atom stereocenters.